The number of halogens is 2. The van der Waals surface area contributed by atoms with E-state index in [4.69, 9.17) is 26.3 Å². The Bertz CT molecular complexity index is 1910. The highest BCUT2D eigenvalue weighted by Crippen LogP contribution is 2.34. The van der Waals surface area contributed by atoms with Crippen LogP contribution < -0.4 is 19.6 Å². The summed E-state index contributed by atoms with van der Waals surface area (Å²) in [5, 5.41) is 9.40. The second-order valence-electron chi connectivity index (χ2n) is 9.11. The minimum absolute atomic E-state index is 0.192. The summed E-state index contributed by atoms with van der Waals surface area (Å²) < 4.78 is 14.0. The van der Waals surface area contributed by atoms with E-state index in [1.165, 1.54) is 15.9 Å². The van der Waals surface area contributed by atoms with Crippen LogP contribution in [0.2, 0.25) is 5.02 Å². The molecule has 1 aliphatic rings. The largest absolute Gasteiger partial charge is 0.488 e. The van der Waals surface area contributed by atoms with Crippen molar-refractivity contribution in [1.82, 2.24) is 4.57 Å². The van der Waals surface area contributed by atoms with E-state index in [1.54, 1.807) is 50.3 Å². The fourth-order valence-electron chi connectivity index (χ4n) is 4.49. The number of thiazole rings is 1. The number of nitrogens with zero attached hydrogens (tertiary/aromatic N) is 3. The molecule has 2 heterocycles. The van der Waals surface area contributed by atoms with Gasteiger partial charge in [0.1, 0.15) is 18.4 Å². The highest BCUT2D eigenvalue weighted by Gasteiger charge is 2.34. The SMILES string of the molecule is CCOC(=O)C1=C(C)N=c2s/c(=C\c3ccc(OCc4ccc(C#N)cc4)c(Br)c3)c(=O)n2[C@H]1c1ccccc1Cl. The third-order valence-electron chi connectivity index (χ3n) is 6.45. The Morgan fingerprint density at radius 1 is 1.20 bits per heavy atom. The molecule has 0 radical (unpaired) electrons. The lowest BCUT2D eigenvalue weighted by Crippen LogP contribution is -2.40. The molecule has 0 spiro atoms. The molecular formula is C31H23BrClN3O4S. The van der Waals surface area contributed by atoms with Gasteiger partial charge in [0.25, 0.3) is 5.56 Å². The molecule has 0 saturated heterocycles. The van der Waals surface area contributed by atoms with Crippen LogP contribution in [0.15, 0.2) is 92.3 Å². The van der Waals surface area contributed by atoms with E-state index in [2.05, 4.69) is 27.0 Å². The number of nitriles is 1. The summed E-state index contributed by atoms with van der Waals surface area (Å²) in [5.41, 5.74) is 3.40. The van der Waals surface area contributed by atoms with Gasteiger partial charge >= 0.3 is 5.97 Å². The maximum atomic E-state index is 13.8. The quantitative estimate of drug-likeness (QED) is 0.241. The summed E-state index contributed by atoms with van der Waals surface area (Å²) in [7, 11) is 0. The van der Waals surface area contributed by atoms with Gasteiger partial charge in [-0.25, -0.2) is 9.79 Å². The third kappa shape index (κ3) is 5.91. The lowest BCUT2D eigenvalue weighted by atomic mass is 9.96. The van der Waals surface area contributed by atoms with Crippen LogP contribution in [0.3, 0.4) is 0 Å². The molecule has 1 aromatic heterocycles. The second-order valence-corrected chi connectivity index (χ2v) is 11.4. The molecule has 0 amide bonds. The van der Waals surface area contributed by atoms with E-state index < -0.39 is 12.0 Å². The van der Waals surface area contributed by atoms with Crippen LogP contribution >= 0.6 is 38.9 Å². The summed E-state index contributed by atoms with van der Waals surface area (Å²) in [4.78, 5) is 31.9. The number of hydrogen-bond acceptors (Lipinski definition) is 7. The molecule has 1 atom stereocenters. The van der Waals surface area contributed by atoms with Gasteiger partial charge in [-0.2, -0.15) is 5.26 Å². The first-order valence-electron chi connectivity index (χ1n) is 12.7. The molecule has 0 bridgehead atoms. The van der Waals surface area contributed by atoms with Gasteiger partial charge in [0, 0.05) is 5.02 Å². The zero-order chi connectivity index (χ0) is 29.1. The monoisotopic (exact) mass is 647 g/mol. The van der Waals surface area contributed by atoms with Crippen molar-refractivity contribution in [1.29, 1.82) is 5.26 Å². The number of benzene rings is 3. The van der Waals surface area contributed by atoms with Crippen molar-refractivity contribution in [2.45, 2.75) is 26.5 Å². The van der Waals surface area contributed by atoms with Gasteiger partial charge in [0.15, 0.2) is 4.80 Å². The van der Waals surface area contributed by atoms with Gasteiger partial charge in [-0.1, -0.05) is 59.3 Å². The Labute approximate surface area is 253 Å². The smallest absolute Gasteiger partial charge is 0.338 e. The number of allylic oxidation sites excluding steroid dienone is 1. The standard InChI is InChI=1S/C31H23BrClN3O4S/c1-3-39-30(38)27-18(2)35-31-36(28(27)22-6-4-5-7-24(22)33)29(37)26(41-31)15-21-12-13-25(23(32)14-21)40-17-20-10-8-19(16-34)9-11-20/h4-15,28H,3,17H2,1-2H3/b26-15-/t28-/m0/s1. The Morgan fingerprint density at radius 3 is 2.63 bits per heavy atom. The van der Waals surface area contributed by atoms with Crippen molar-refractivity contribution in [2.75, 3.05) is 6.61 Å². The zero-order valence-corrected chi connectivity index (χ0v) is 25.2. The third-order valence-corrected chi connectivity index (χ3v) is 8.39. The van der Waals surface area contributed by atoms with Crippen LogP contribution in [0, 0.1) is 11.3 Å². The summed E-state index contributed by atoms with van der Waals surface area (Å²) in [5.74, 6) is 0.106. The van der Waals surface area contributed by atoms with Crippen LogP contribution in [0.25, 0.3) is 6.08 Å². The first kappa shape index (κ1) is 28.6. The molecule has 206 valence electrons. The molecule has 0 fully saturated rings. The Balaban J connectivity index is 1.51. The summed E-state index contributed by atoms with van der Waals surface area (Å²) in [6, 6.07) is 21.2. The number of carbonyl (C=O) groups is 1. The average molecular weight is 649 g/mol. The molecule has 1 aliphatic heterocycles. The molecule has 5 rings (SSSR count). The van der Waals surface area contributed by atoms with Gasteiger partial charge in [-0.05, 0) is 82.9 Å². The van der Waals surface area contributed by atoms with Crippen molar-refractivity contribution in [3.63, 3.8) is 0 Å². The van der Waals surface area contributed by atoms with E-state index in [1.807, 2.05) is 36.4 Å². The van der Waals surface area contributed by atoms with Crippen molar-refractivity contribution < 1.29 is 14.3 Å². The van der Waals surface area contributed by atoms with Gasteiger partial charge in [0.05, 0.1) is 38.5 Å². The van der Waals surface area contributed by atoms with Gasteiger partial charge in [-0.3, -0.25) is 9.36 Å². The van der Waals surface area contributed by atoms with E-state index >= 15 is 0 Å². The number of rotatable bonds is 7. The number of esters is 1. The Kier molecular flexibility index (Phi) is 8.54. The Hall–Kier alpha value is -3.97. The molecule has 7 nitrogen and oxygen atoms in total. The maximum absolute atomic E-state index is 13.8. The van der Waals surface area contributed by atoms with Crippen molar-refractivity contribution in [3.8, 4) is 11.8 Å². The van der Waals surface area contributed by atoms with Crippen molar-refractivity contribution in [3.05, 3.63) is 129 Å². The summed E-state index contributed by atoms with van der Waals surface area (Å²) in [6.45, 7) is 4.00. The molecule has 10 heteroatoms. The van der Waals surface area contributed by atoms with E-state index in [0.717, 1.165) is 15.6 Å². The fraction of sp³-hybridized carbons (Fsp3) is 0.161. The first-order valence-corrected chi connectivity index (χ1v) is 14.6. The van der Waals surface area contributed by atoms with Crippen LogP contribution in [0.4, 0.5) is 0 Å². The number of carbonyl (C=O) groups excluding carboxylic acids is 1. The summed E-state index contributed by atoms with van der Waals surface area (Å²) >= 11 is 11.4. The fourth-order valence-corrected chi connectivity index (χ4v) is 6.29. The van der Waals surface area contributed by atoms with Gasteiger partial charge in [0.2, 0.25) is 0 Å². The topological polar surface area (TPSA) is 93.7 Å². The van der Waals surface area contributed by atoms with Crippen LogP contribution in [-0.2, 0) is 16.1 Å². The molecule has 0 saturated carbocycles. The zero-order valence-electron chi connectivity index (χ0n) is 22.1. The highest BCUT2D eigenvalue weighted by molar-refractivity contribution is 9.10. The van der Waals surface area contributed by atoms with Crippen LogP contribution in [-0.4, -0.2) is 17.1 Å². The molecule has 0 aliphatic carbocycles. The number of ether oxygens (including phenoxy) is 2. The normalized spacial score (nSPS) is 14.7. The lowest BCUT2D eigenvalue weighted by molar-refractivity contribution is -0.139. The van der Waals surface area contributed by atoms with Crippen LogP contribution in [0.1, 0.15) is 42.1 Å². The predicted octanol–water partition coefficient (Wildman–Crippen LogP) is 5.66. The van der Waals surface area contributed by atoms with Crippen LogP contribution in [0.5, 0.6) is 5.75 Å². The lowest BCUT2D eigenvalue weighted by Gasteiger charge is -2.25. The van der Waals surface area contributed by atoms with Crippen molar-refractivity contribution >= 4 is 50.9 Å². The second kappa shape index (κ2) is 12.3. The summed E-state index contributed by atoms with van der Waals surface area (Å²) in [6.07, 6.45) is 1.78. The highest BCUT2D eigenvalue weighted by atomic mass is 79.9. The molecule has 4 aromatic rings. The maximum Gasteiger partial charge on any atom is 0.338 e. The van der Waals surface area contributed by atoms with Gasteiger partial charge in [-0.15, -0.1) is 0 Å². The molecule has 41 heavy (non-hydrogen) atoms. The predicted molar refractivity (Wildman–Crippen MR) is 161 cm³/mol. The number of fused-ring (bicyclic) bond motifs is 1. The van der Waals surface area contributed by atoms with Crippen molar-refractivity contribution in [2.24, 2.45) is 4.99 Å². The van der Waals surface area contributed by atoms with E-state index in [0.29, 0.717) is 43.5 Å². The molecular weight excluding hydrogens is 626 g/mol. The first-order chi connectivity index (χ1) is 19.8. The minimum Gasteiger partial charge on any atom is -0.488 e. The van der Waals surface area contributed by atoms with E-state index in [-0.39, 0.29) is 17.7 Å². The molecule has 3 aromatic carbocycles. The number of hydrogen-bond donors (Lipinski definition) is 0. The Morgan fingerprint density at radius 2 is 1.95 bits per heavy atom. The molecule has 0 unspecified atom stereocenters. The van der Waals surface area contributed by atoms with Gasteiger partial charge < -0.3 is 9.47 Å². The minimum atomic E-state index is -0.772. The van der Waals surface area contributed by atoms with E-state index in [9.17, 15) is 9.59 Å². The average Bonchev–Trinajstić information content (AvgIpc) is 3.26. The number of aromatic nitrogens is 1. The molecule has 0 N–H and O–H groups in total.